The standard InChI is InChI=1S/C36H74O.C5H13NO.CH4S/c1-3-5-7-9-11-13-15-17-19-21-23-25-27-29-31-33-35-37-36-34-32-30-28-26-24-22-20-18-16-14-12-10-8-6-4-2;1-3-6(2)4-5-7;1-2/h3-36H2,1-2H3;7H,3-5H2,1-2H3;2H,1H3. The van der Waals surface area contributed by atoms with Crippen LogP contribution in [0.15, 0.2) is 0 Å². The second kappa shape index (κ2) is 52.1. The van der Waals surface area contributed by atoms with Gasteiger partial charge in [0.15, 0.2) is 0 Å². The molecule has 0 aromatic carbocycles. The summed E-state index contributed by atoms with van der Waals surface area (Å²) in [5.74, 6) is 0. The first-order chi connectivity index (χ1) is 22.7. The van der Waals surface area contributed by atoms with E-state index in [0.717, 1.165) is 26.3 Å². The van der Waals surface area contributed by atoms with Crippen LogP contribution in [0.25, 0.3) is 0 Å². The number of thiol groups is 1. The fourth-order valence-electron chi connectivity index (χ4n) is 5.94. The number of aliphatic hydroxyl groups is 1. The summed E-state index contributed by atoms with van der Waals surface area (Å²) in [5, 5.41) is 8.33. The molecule has 0 aliphatic rings. The highest BCUT2D eigenvalue weighted by atomic mass is 32.1. The van der Waals surface area contributed by atoms with Crippen molar-refractivity contribution in [3.8, 4) is 0 Å². The van der Waals surface area contributed by atoms with Gasteiger partial charge in [0.1, 0.15) is 0 Å². The fourth-order valence-corrected chi connectivity index (χ4v) is 5.94. The monoisotopic (exact) mass is 674 g/mol. The Morgan fingerprint density at radius 2 is 0.609 bits per heavy atom. The minimum atomic E-state index is 0.268. The normalized spacial score (nSPS) is 11.0. The smallest absolute Gasteiger partial charge is 0.0558 e. The van der Waals surface area contributed by atoms with Gasteiger partial charge in [-0.1, -0.05) is 213 Å². The second-order valence-corrected chi connectivity index (χ2v) is 13.8. The summed E-state index contributed by atoms with van der Waals surface area (Å²) in [4.78, 5) is 2.06. The highest BCUT2D eigenvalue weighted by molar-refractivity contribution is 7.79. The number of hydrogen-bond acceptors (Lipinski definition) is 4. The van der Waals surface area contributed by atoms with Crippen molar-refractivity contribution in [2.45, 2.75) is 226 Å². The van der Waals surface area contributed by atoms with Crippen molar-refractivity contribution in [1.82, 2.24) is 4.90 Å². The molecule has 0 saturated heterocycles. The summed E-state index contributed by atoms with van der Waals surface area (Å²) in [6.07, 6.45) is 47.7. The van der Waals surface area contributed by atoms with Gasteiger partial charge in [-0.15, -0.1) is 0 Å². The van der Waals surface area contributed by atoms with Crippen LogP contribution in [0.2, 0.25) is 0 Å². The first-order valence-corrected chi connectivity index (χ1v) is 21.9. The van der Waals surface area contributed by atoms with Crippen LogP contribution in [0.4, 0.5) is 0 Å². The van der Waals surface area contributed by atoms with Crippen molar-refractivity contribution in [3.63, 3.8) is 0 Å². The minimum Gasteiger partial charge on any atom is -0.395 e. The van der Waals surface area contributed by atoms with Crippen molar-refractivity contribution in [2.24, 2.45) is 0 Å². The first kappa shape index (κ1) is 50.6. The number of hydrogen-bond donors (Lipinski definition) is 2. The number of rotatable bonds is 37. The van der Waals surface area contributed by atoms with Gasteiger partial charge in [-0.3, -0.25) is 0 Å². The Hall–Kier alpha value is 0.230. The fraction of sp³-hybridized carbons (Fsp3) is 1.00. The number of aliphatic hydroxyl groups excluding tert-OH is 1. The highest BCUT2D eigenvalue weighted by Crippen LogP contribution is 2.15. The molecule has 4 heteroatoms. The second-order valence-electron chi connectivity index (χ2n) is 13.8. The summed E-state index contributed by atoms with van der Waals surface area (Å²) in [6, 6.07) is 0. The van der Waals surface area contributed by atoms with Gasteiger partial charge in [0.25, 0.3) is 0 Å². The van der Waals surface area contributed by atoms with E-state index >= 15 is 0 Å². The molecule has 0 aliphatic carbocycles. The average Bonchev–Trinajstić information content (AvgIpc) is 3.08. The van der Waals surface area contributed by atoms with Crippen LogP contribution in [0.1, 0.15) is 226 Å². The van der Waals surface area contributed by atoms with Gasteiger partial charge in [0, 0.05) is 19.8 Å². The van der Waals surface area contributed by atoms with Gasteiger partial charge in [-0.25, -0.2) is 0 Å². The third-order valence-corrected chi connectivity index (χ3v) is 9.31. The predicted molar refractivity (Wildman–Crippen MR) is 215 cm³/mol. The molecule has 0 aromatic rings. The van der Waals surface area contributed by atoms with Gasteiger partial charge in [0.05, 0.1) is 6.61 Å². The van der Waals surface area contributed by atoms with Crippen LogP contribution in [0.5, 0.6) is 0 Å². The molecule has 0 saturated carbocycles. The average molecular weight is 674 g/mol. The molecule has 0 atom stereocenters. The van der Waals surface area contributed by atoms with E-state index in [1.807, 2.05) is 7.05 Å². The first-order valence-electron chi connectivity index (χ1n) is 21.0. The van der Waals surface area contributed by atoms with E-state index in [9.17, 15) is 0 Å². The summed E-state index contributed by atoms with van der Waals surface area (Å²) in [6.45, 7) is 10.7. The van der Waals surface area contributed by atoms with E-state index < -0.39 is 0 Å². The molecule has 0 unspecified atom stereocenters. The maximum atomic E-state index is 8.33. The molecule has 0 spiro atoms. The quantitative estimate of drug-likeness (QED) is 0.0508. The van der Waals surface area contributed by atoms with Crippen molar-refractivity contribution < 1.29 is 9.84 Å². The van der Waals surface area contributed by atoms with Crippen LogP contribution in [0, 0.1) is 0 Å². The largest absolute Gasteiger partial charge is 0.395 e. The molecule has 0 aromatic heterocycles. The third kappa shape index (κ3) is 53.7. The van der Waals surface area contributed by atoms with Gasteiger partial charge in [-0.05, 0) is 32.7 Å². The van der Waals surface area contributed by atoms with Crippen LogP contribution >= 0.6 is 12.6 Å². The van der Waals surface area contributed by atoms with Crippen molar-refractivity contribution in [2.75, 3.05) is 46.2 Å². The minimum absolute atomic E-state index is 0.268. The van der Waals surface area contributed by atoms with Gasteiger partial charge in [0.2, 0.25) is 0 Å². The molecule has 0 aliphatic heterocycles. The van der Waals surface area contributed by atoms with Crippen molar-refractivity contribution in [1.29, 1.82) is 0 Å². The van der Waals surface area contributed by atoms with Crippen molar-refractivity contribution >= 4 is 12.6 Å². The Kier molecular flexibility index (Phi) is 57.3. The lowest BCUT2D eigenvalue weighted by Gasteiger charge is -2.09. The summed E-state index contributed by atoms with van der Waals surface area (Å²) >= 11 is 3.53. The maximum absolute atomic E-state index is 8.33. The van der Waals surface area contributed by atoms with Gasteiger partial charge < -0.3 is 14.7 Å². The Labute approximate surface area is 299 Å². The van der Waals surface area contributed by atoms with Crippen LogP contribution in [-0.2, 0) is 4.74 Å². The zero-order valence-electron chi connectivity index (χ0n) is 32.9. The Balaban J connectivity index is -0.00000180. The van der Waals surface area contributed by atoms with Crippen LogP contribution in [-0.4, -0.2) is 56.2 Å². The topological polar surface area (TPSA) is 32.7 Å². The molecular weight excluding hydrogens is 583 g/mol. The zero-order valence-corrected chi connectivity index (χ0v) is 33.8. The van der Waals surface area contributed by atoms with Gasteiger partial charge >= 0.3 is 0 Å². The van der Waals surface area contributed by atoms with Gasteiger partial charge in [-0.2, -0.15) is 12.6 Å². The molecule has 3 nitrogen and oxygen atoms in total. The number of likely N-dealkylation sites (N-methyl/N-ethyl adjacent to an activating group) is 1. The Morgan fingerprint density at radius 1 is 0.391 bits per heavy atom. The lowest BCUT2D eigenvalue weighted by Crippen LogP contribution is -2.20. The van der Waals surface area contributed by atoms with Crippen LogP contribution in [0.3, 0.4) is 0 Å². The zero-order chi connectivity index (χ0) is 34.4. The SMILES string of the molecule is CCCCCCCCCCCCCCCCCCOCCCCCCCCCCCCCCCCCC.CCN(C)CCO.CS. The molecule has 0 radical (unpaired) electrons. The summed E-state index contributed by atoms with van der Waals surface area (Å²) in [7, 11) is 1.98. The van der Waals surface area contributed by atoms with Crippen molar-refractivity contribution in [3.05, 3.63) is 0 Å². The molecule has 0 fully saturated rings. The lowest BCUT2D eigenvalue weighted by atomic mass is 10.0. The molecule has 0 heterocycles. The Morgan fingerprint density at radius 3 is 0.783 bits per heavy atom. The van der Waals surface area contributed by atoms with E-state index in [4.69, 9.17) is 9.84 Å². The number of ether oxygens (including phenoxy) is 1. The van der Waals surface area contributed by atoms with E-state index in [1.165, 1.54) is 205 Å². The van der Waals surface area contributed by atoms with E-state index in [2.05, 4.69) is 38.3 Å². The Bertz CT molecular complexity index is 431. The highest BCUT2D eigenvalue weighted by Gasteiger charge is 1.97. The number of unbranched alkanes of at least 4 members (excludes halogenated alkanes) is 30. The molecule has 46 heavy (non-hydrogen) atoms. The molecule has 0 amide bonds. The summed E-state index contributed by atoms with van der Waals surface area (Å²) in [5.41, 5.74) is 0. The number of nitrogens with zero attached hydrogens (tertiary/aromatic N) is 1. The molecule has 1 N–H and O–H groups in total. The van der Waals surface area contributed by atoms with E-state index in [1.54, 1.807) is 6.26 Å². The molecule has 0 rings (SSSR count). The van der Waals surface area contributed by atoms with E-state index in [-0.39, 0.29) is 6.61 Å². The summed E-state index contributed by atoms with van der Waals surface area (Å²) < 4.78 is 5.87. The van der Waals surface area contributed by atoms with Crippen LogP contribution < -0.4 is 0 Å². The third-order valence-electron chi connectivity index (χ3n) is 9.31. The maximum Gasteiger partial charge on any atom is 0.0558 e. The lowest BCUT2D eigenvalue weighted by molar-refractivity contribution is 0.125. The van der Waals surface area contributed by atoms with E-state index in [0.29, 0.717) is 0 Å². The molecule has 0 bridgehead atoms. The molecular formula is C42H91NO2S. The molecule has 282 valence electrons. The predicted octanol–water partition coefficient (Wildman–Crippen LogP) is 14.0.